The summed E-state index contributed by atoms with van der Waals surface area (Å²) in [6.45, 7) is 0. The Bertz CT molecular complexity index is 1850. The molecule has 0 radical (unpaired) electrons. The molecule has 2 aliphatic carbocycles. The minimum atomic E-state index is -0.590. The van der Waals surface area contributed by atoms with E-state index >= 15 is 0 Å². The number of fused-ring (bicyclic) bond motifs is 4. The molecule has 4 aromatic carbocycles. The zero-order chi connectivity index (χ0) is 26.2. The molecule has 0 unspecified atom stereocenters. The normalized spacial score (nSPS) is 13.4. The van der Waals surface area contributed by atoms with Crippen LogP contribution in [0, 0.1) is 10.4 Å². The smallest absolute Gasteiger partial charge is 0.255 e. The minimum absolute atomic E-state index is 0.0260. The number of ketones is 1. The zero-order valence-electron chi connectivity index (χ0n) is 20.8. The molecule has 0 heterocycles. The van der Waals surface area contributed by atoms with E-state index in [9.17, 15) is 14.4 Å². The van der Waals surface area contributed by atoms with Crippen molar-refractivity contribution in [3.63, 3.8) is 0 Å². The van der Waals surface area contributed by atoms with Gasteiger partial charge in [0, 0.05) is 28.0 Å². The molecule has 2 aliphatic rings. The number of amides is 2. The van der Waals surface area contributed by atoms with Gasteiger partial charge in [-0.3, -0.25) is 14.4 Å². The highest BCUT2D eigenvalue weighted by molar-refractivity contribution is 6.24. The van der Waals surface area contributed by atoms with Crippen LogP contribution in [-0.2, 0) is 12.8 Å². The van der Waals surface area contributed by atoms with E-state index < -0.39 is 5.91 Å². The van der Waals surface area contributed by atoms with Gasteiger partial charge in [0.15, 0.2) is 5.78 Å². The lowest BCUT2D eigenvalue weighted by atomic mass is 9.84. The number of carbonyl (C=O) groups excluding carboxylic acids is 3. The molecule has 186 valence electrons. The average Bonchev–Trinajstić information content (AvgIpc) is 2.96. The van der Waals surface area contributed by atoms with Crippen LogP contribution in [-0.4, -0.2) is 17.6 Å². The number of nitrogens with two attached hydrogens (primary N) is 1. The van der Waals surface area contributed by atoms with Crippen molar-refractivity contribution >= 4 is 34.9 Å². The molecule has 0 saturated carbocycles. The molecule has 6 rings (SSSR count). The van der Waals surface area contributed by atoms with Crippen molar-refractivity contribution in [2.24, 2.45) is 5.73 Å². The zero-order valence-corrected chi connectivity index (χ0v) is 20.8. The van der Waals surface area contributed by atoms with Gasteiger partial charge < -0.3 is 11.1 Å². The lowest BCUT2D eigenvalue weighted by Gasteiger charge is -2.20. The maximum atomic E-state index is 13.6. The van der Waals surface area contributed by atoms with Crippen LogP contribution in [0.25, 0.3) is 11.6 Å². The fourth-order valence-corrected chi connectivity index (χ4v) is 5.59. The maximum Gasteiger partial charge on any atom is 0.255 e. The lowest BCUT2D eigenvalue weighted by Crippen LogP contribution is -2.25. The number of benzene rings is 4. The molecular formula is C33H26N2O3. The van der Waals surface area contributed by atoms with Crippen molar-refractivity contribution < 1.29 is 14.4 Å². The van der Waals surface area contributed by atoms with Crippen LogP contribution in [0.15, 0.2) is 84.9 Å². The Hall–Kier alpha value is -4.77. The van der Waals surface area contributed by atoms with E-state index in [4.69, 9.17) is 5.73 Å². The van der Waals surface area contributed by atoms with Crippen molar-refractivity contribution in [3.8, 4) is 0 Å². The van der Waals surface area contributed by atoms with Gasteiger partial charge in [-0.1, -0.05) is 48.5 Å². The van der Waals surface area contributed by atoms with Crippen LogP contribution in [0.2, 0.25) is 0 Å². The average molecular weight is 499 g/mol. The van der Waals surface area contributed by atoms with Gasteiger partial charge in [0.1, 0.15) is 0 Å². The van der Waals surface area contributed by atoms with E-state index in [2.05, 4.69) is 47.8 Å². The first kappa shape index (κ1) is 23.6. The number of carbonyl (C=O) groups is 3. The second-order valence-electron chi connectivity index (χ2n) is 9.75. The highest BCUT2D eigenvalue weighted by Crippen LogP contribution is 2.24. The summed E-state index contributed by atoms with van der Waals surface area (Å²) in [7, 11) is 0. The molecule has 3 N–H and O–H groups in total. The molecule has 38 heavy (non-hydrogen) atoms. The summed E-state index contributed by atoms with van der Waals surface area (Å²) < 4.78 is 0. The molecule has 5 nitrogen and oxygen atoms in total. The second-order valence-corrected chi connectivity index (χ2v) is 9.75. The highest BCUT2D eigenvalue weighted by Gasteiger charge is 2.21. The van der Waals surface area contributed by atoms with Gasteiger partial charge in [-0.15, -0.1) is 0 Å². The van der Waals surface area contributed by atoms with Crippen molar-refractivity contribution in [1.82, 2.24) is 0 Å². The summed E-state index contributed by atoms with van der Waals surface area (Å²) in [6, 6.07) is 26.0. The Balaban J connectivity index is 1.30. The largest absolute Gasteiger partial charge is 0.366 e. The van der Waals surface area contributed by atoms with Crippen LogP contribution >= 0.6 is 0 Å². The van der Waals surface area contributed by atoms with Crippen molar-refractivity contribution in [2.45, 2.75) is 25.7 Å². The number of Topliss-reactive ketones (excluding diaryl/α,β-unsaturated/α-hetero) is 1. The molecule has 2 amide bonds. The van der Waals surface area contributed by atoms with Gasteiger partial charge in [-0.05, 0) is 100 Å². The molecule has 5 heteroatoms. The fourth-order valence-electron chi connectivity index (χ4n) is 5.59. The summed E-state index contributed by atoms with van der Waals surface area (Å²) in [5, 5.41) is 7.69. The number of nitrogens with one attached hydrogen (secondary N) is 1. The van der Waals surface area contributed by atoms with Crippen LogP contribution in [0.5, 0.6) is 0 Å². The Morgan fingerprint density at radius 1 is 0.684 bits per heavy atom. The first-order chi connectivity index (χ1) is 18.5. The third-order valence-electron chi connectivity index (χ3n) is 7.48. The third kappa shape index (κ3) is 4.22. The molecule has 0 fully saturated rings. The molecular weight excluding hydrogens is 472 g/mol. The van der Waals surface area contributed by atoms with E-state index in [1.165, 1.54) is 32.8 Å². The number of anilines is 1. The van der Waals surface area contributed by atoms with Crippen molar-refractivity contribution in [1.29, 1.82) is 0 Å². The van der Waals surface area contributed by atoms with Gasteiger partial charge in [-0.25, -0.2) is 0 Å². The summed E-state index contributed by atoms with van der Waals surface area (Å²) >= 11 is 0. The summed E-state index contributed by atoms with van der Waals surface area (Å²) in [5.41, 5.74) is 10.6. The Morgan fingerprint density at radius 2 is 1.45 bits per heavy atom. The predicted octanol–water partition coefficient (Wildman–Crippen LogP) is 4.03. The van der Waals surface area contributed by atoms with E-state index in [0.29, 0.717) is 16.8 Å². The van der Waals surface area contributed by atoms with Crippen LogP contribution < -0.4 is 21.5 Å². The number of hydrogen-bond acceptors (Lipinski definition) is 3. The molecule has 0 bridgehead atoms. The topological polar surface area (TPSA) is 89.3 Å². The first-order valence-electron chi connectivity index (χ1n) is 12.8. The molecule has 0 aromatic heterocycles. The summed E-state index contributed by atoms with van der Waals surface area (Å²) in [5.74, 6) is -0.920. The Kier molecular flexibility index (Phi) is 5.97. The molecule has 0 saturated heterocycles. The van der Waals surface area contributed by atoms with Crippen molar-refractivity contribution in [3.05, 3.63) is 134 Å². The Morgan fingerprint density at radius 3 is 2.26 bits per heavy atom. The third-order valence-corrected chi connectivity index (χ3v) is 7.48. The van der Waals surface area contributed by atoms with E-state index in [1.54, 1.807) is 42.5 Å². The first-order valence-corrected chi connectivity index (χ1v) is 12.8. The second kappa shape index (κ2) is 9.60. The van der Waals surface area contributed by atoms with Crippen molar-refractivity contribution in [2.75, 3.05) is 5.32 Å². The van der Waals surface area contributed by atoms with E-state index in [-0.39, 0.29) is 17.3 Å². The molecule has 4 aromatic rings. The summed E-state index contributed by atoms with van der Waals surface area (Å²) in [4.78, 5) is 37.7. The van der Waals surface area contributed by atoms with Crippen LogP contribution in [0.3, 0.4) is 0 Å². The van der Waals surface area contributed by atoms with Gasteiger partial charge in [0.05, 0.1) is 0 Å². The molecule has 0 atom stereocenters. The highest BCUT2D eigenvalue weighted by atomic mass is 16.2. The standard InChI is InChI=1S/C33H26N2O3/c34-32(37)22-6-3-7-23(19-22)33(38)35-24-14-11-21(12-15-24)31(36)30-10-4-9-26-28-16-13-20-5-1-2-8-25(20)27(28)17-18-29(26)30/h1-3,5-8,11-15,17-19H,4,9-10,16H2,(H2,34,37)(H,35,38). The van der Waals surface area contributed by atoms with Crippen LogP contribution in [0.4, 0.5) is 5.69 Å². The minimum Gasteiger partial charge on any atom is -0.366 e. The molecule has 0 aliphatic heterocycles. The van der Waals surface area contributed by atoms with E-state index in [1.807, 2.05) is 0 Å². The number of hydrogen-bond donors (Lipinski definition) is 2. The predicted molar refractivity (Wildman–Crippen MR) is 148 cm³/mol. The summed E-state index contributed by atoms with van der Waals surface area (Å²) in [6.07, 6.45) is 5.84. The SMILES string of the molecule is NC(=O)c1cccc(C(=O)Nc2ccc(C(=O)C3=c4ccc5c(c4CCC3)CC=c3ccccc3=5)cc2)c1. The quantitative estimate of drug-likeness (QED) is 0.407. The number of rotatable bonds is 5. The fraction of sp³-hybridized carbons (Fsp3) is 0.121. The van der Waals surface area contributed by atoms with E-state index in [0.717, 1.165) is 36.5 Å². The Labute approximate surface area is 219 Å². The monoisotopic (exact) mass is 498 g/mol. The maximum absolute atomic E-state index is 13.6. The molecule has 0 spiro atoms. The van der Waals surface area contributed by atoms with Gasteiger partial charge >= 0.3 is 0 Å². The number of primary amides is 1. The van der Waals surface area contributed by atoms with Gasteiger partial charge in [0.25, 0.3) is 5.91 Å². The van der Waals surface area contributed by atoms with Crippen LogP contribution in [0.1, 0.15) is 55.0 Å². The lowest BCUT2D eigenvalue weighted by molar-refractivity contribution is 0.0999. The van der Waals surface area contributed by atoms with Gasteiger partial charge in [0.2, 0.25) is 5.91 Å². The van der Waals surface area contributed by atoms with Gasteiger partial charge in [-0.2, -0.15) is 0 Å².